The Morgan fingerprint density at radius 1 is 1.00 bits per heavy atom. The fourth-order valence-electron chi connectivity index (χ4n) is 4.33. The van der Waals surface area contributed by atoms with Gasteiger partial charge in [0.05, 0.1) is 5.69 Å². The van der Waals surface area contributed by atoms with Crippen molar-refractivity contribution in [3.8, 4) is 21.8 Å². The van der Waals surface area contributed by atoms with Crippen LogP contribution in [0.25, 0.3) is 21.8 Å². The van der Waals surface area contributed by atoms with Gasteiger partial charge >= 0.3 is 0 Å². The van der Waals surface area contributed by atoms with Gasteiger partial charge in [0.1, 0.15) is 10.7 Å². The molecule has 3 aromatic rings. The molecule has 1 aliphatic carbocycles. The van der Waals surface area contributed by atoms with Crippen molar-refractivity contribution in [3.05, 3.63) is 54.2 Å². The van der Waals surface area contributed by atoms with Crippen molar-refractivity contribution < 1.29 is 0 Å². The minimum atomic E-state index is -0.449. The fraction of sp³-hybridized carbons (Fsp3) is 0.273. The summed E-state index contributed by atoms with van der Waals surface area (Å²) in [5.74, 6) is 0.665. The third-order valence-corrected chi connectivity index (χ3v) is 6.56. The molecule has 0 bridgehead atoms. The minimum absolute atomic E-state index is 0.266. The van der Waals surface area contributed by atoms with Crippen molar-refractivity contribution in [2.45, 2.75) is 37.8 Å². The van der Waals surface area contributed by atoms with E-state index in [-0.39, 0.29) is 5.96 Å². The number of anilines is 1. The van der Waals surface area contributed by atoms with E-state index in [9.17, 15) is 0 Å². The standard InChI is InChI=1S/C22H23N7S/c23-20-27-21(24)29(22(28-20)9-2-1-3-10-22)17-8-4-6-15(12-17)18-14-30-19(26-18)16-7-5-11-25-13-16/h4-8,11-14H,1-3,9-10H2,(H4,23,24,27,28). The Hall–Kier alpha value is -3.26. The summed E-state index contributed by atoms with van der Waals surface area (Å²) in [5.41, 5.74) is 15.8. The number of nitrogens with two attached hydrogens (primary N) is 2. The van der Waals surface area contributed by atoms with Crippen LogP contribution in [0, 0.1) is 0 Å². The van der Waals surface area contributed by atoms with Gasteiger partial charge in [-0.15, -0.1) is 11.3 Å². The van der Waals surface area contributed by atoms with Gasteiger partial charge < -0.3 is 11.5 Å². The van der Waals surface area contributed by atoms with Crippen LogP contribution in [-0.4, -0.2) is 27.5 Å². The molecule has 2 aliphatic rings. The molecular formula is C22H23N7S. The van der Waals surface area contributed by atoms with Gasteiger partial charge in [-0.2, -0.15) is 4.99 Å². The van der Waals surface area contributed by atoms with Crippen molar-refractivity contribution in [3.63, 3.8) is 0 Å². The van der Waals surface area contributed by atoms with Gasteiger partial charge in [-0.3, -0.25) is 9.88 Å². The van der Waals surface area contributed by atoms with Gasteiger partial charge in [-0.05, 0) is 49.9 Å². The maximum absolute atomic E-state index is 6.37. The zero-order valence-electron chi connectivity index (χ0n) is 16.5. The first-order chi connectivity index (χ1) is 14.6. The molecule has 0 radical (unpaired) electrons. The van der Waals surface area contributed by atoms with Gasteiger partial charge in [0, 0.05) is 34.6 Å². The molecule has 8 heteroatoms. The highest BCUT2D eigenvalue weighted by molar-refractivity contribution is 7.13. The van der Waals surface area contributed by atoms with Crippen LogP contribution < -0.4 is 16.4 Å². The molecule has 1 saturated carbocycles. The van der Waals surface area contributed by atoms with Gasteiger partial charge in [0.15, 0.2) is 0 Å². The lowest BCUT2D eigenvalue weighted by atomic mass is 9.87. The molecule has 0 amide bonds. The summed E-state index contributed by atoms with van der Waals surface area (Å²) in [6, 6.07) is 12.2. The molecule has 5 rings (SSSR count). The normalized spacial score (nSPS) is 18.2. The molecule has 0 unspecified atom stereocenters. The summed E-state index contributed by atoms with van der Waals surface area (Å²) in [4.78, 5) is 20.1. The number of pyridine rings is 1. The summed E-state index contributed by atoms with van der Waals surface area (Å²) in [5, 5.41) is 3.02. The molecule has 1 spiro atoms. The molecule has 4 N–H and O–H groups in total. The minimum Gasteiger partial charge on any atom is -0.369 e. The maximum Gasteiger partial charge on any atom is 0.220 e. The zero-order chi connectivity index (χ0) is 20.6. The molecule has 0 saturated heterocycles. The zero-order valence-corrected chi connectivity index (χ0v) is 17.3. The van der Waals surface area contributed by atoms with Crippen LogP contribution >= 0.6 is 11.3 Å². The number of nitrogens with zero attached hydrogens (tertiary/aromatic N) is 5. The smallest absolute Gasteiger partial charge is 0.220 e. The number of benzene rings is 1. The van der Waals surface area contributed by atoms with Gasteiger partial charge in [-0.25, -0.2) is 9.98 Å². The van der Waals surface area contributed by atoms with E-state index >= 15 is 0 Å². The van der Waals surface area contributed by atoms with E-state index in [0.717, 1.165) is 53.2 Å². The number of thiazole rings is 1. The Balaban J connectivity index is 1.52. The van der Waals surface area contributed by atoms with Crippen LogP contribution in [0.5, 0.6) is 0 Å². The SMILES string of the molecule is NC1=NC2(CCCCC2)N(c2cccc(-c3csc(-c4cccnc4)n3)c2)C(N)=N1. The Bertz CT molecular complexity index is 1110. The average Bonchev–Trinajstić information content (AvgIpc) is 3.25. The highest BCUT2D eigenvalue weighted by atomic mass is 32.1. The monoisotopic (exact) mass is 417 g/mol. The first kappa shape index (κ1) is 18.7. The Kier molecular flexibility index (Phi) is 4.71. The van der Waals surface area contributed by atoms with Crippen LogP contribution in [0.4, 0.5) is 5.69 Å². The molecule has 1 aromatic carbocycles. The summed E-state index contributed by atoms with van der Waals surface area (Å²) < 4.78 is 0. The maximum atomic E-state index is 6.37. The Labute approximate surface area is 179 Å². The predicted octanol–water partition coefficient (Wildman–Crippen LogP) is 3.98. The quantitative estimate of drug-likeness (QED) is 0.670. The molecule has 3 heterocycles. The van der Waals surface area contributed by atoms with Crippen molar-refractivity contribution >= 4 is 28.9 Å². The average molecular weight is 418 g/mol. The summed E-state index contributed by atoms with van der Waals surface area (Å²) in [6.45, 7) is 0. The lowest BCUT2D eigenvalue weighted by molar-refractivity contribution is 0.305. The van der Waals surface area contributed by atoms with Crippen LogP contribution in [0.2, 0.25) is 0 Å². The van der Waals surface area contributed by atoms with Crippen molar-refractivity contribution in [2.75, 3.05) is 4.90 Å². The molecule has 30 heavy (non-hydrogen) atoms. The van der Waals surface area contributed by atoms with Crippen LogP contribution in [0.3, 0.4) is 0 Å². The second kappa shape index (κ2) is 7.53. The van der Waals surface area contributed by atoms with E-state index < -0.39 is 5.66 Å². The lowest BCUT2D eigenvalue weighted by Gasteiger charge is -2.45. The predicted molar refractivity (Wildman–Crippen MR) is 122 cm³/mol. The van der Waals surface area contributed by atoms with E-state index in [2.05, 4.69) is 32.4 Å². The second-order valence-electron chi connectivity index (χ2n) is 7.65. The van der Waals surface area contributed by atoms with Crippen molar-refractivity contribution in [1.82, 2.24) is 9.97 Å². The van der Waals surface area contributed by atoms with E-state index in [1.165, 1.54) is 6.42 Å². The summed E-state index contributed by atoms with van der Waals surface area (Å²) in [6.07, 6.45) is 8.83. The highest BCUT2D eigenvalue weighted by Gasteiger charge is 2.42. The molecule has 1 aliphatic heterocycles. The third kappa shape index (κ3) is 3.33. The topological polar surface area (TPSA) is 106 Å². The van der Waals surface area contributed by atoms with Crippen molar-refractivity contribution in [2.24, 2.45) is 21.5 Å². The van der Waals surface area contributed by atoms with E-state index in [1.807, 2.05) is 30.5 Å². The molecule has 0 atom stereocenters. The molecule has 1 fully saturated rings. The molecular weight excluding hydrogens is 394 g/mol. The van der Waals surface area contributed by atoms with Gasteiger partial charge in [0.25, 0.3) is 0 Å². The van der Waals surface area contributed by atoms with E-state index in [4.69, 9.17) is 21.4 Å². The number of aromatic nitrogens is 2. The number of hydrogen-bond acceptors (Lipinski definition) is 8. The molecule has 7 nitrogen and oxygen atoms in total. The highest BCUT2D eigenvalue weighted by Crippen LogP contribution is 2.40. The van der Waals surface area contributed by atoms with E-state index in [1.54, 1.807) is 17.5 Å². The van der Waals surface area contributed by atoms with Gasteiger partial charge in [0.2, 0.25) is 11.9 Å². The van der Waals surface area contributed by atoms with Crippen LogP contribution in [0.1, 0.15) is 32.1 Å². The first-order valence-corrected chi connectivity index (χ1v) is 11.0. The molecule has 2 aromatic heterocycles. The fourth-order valence-corrected chi connectivity index (χ4v) is 5.15. The Morgan fingerprint density at radius 2 is 1.83 bits per heavy atom. The summed E-state index contributed by atoms with van der Waals surface area (Å²) in [7, 11) is 0. The number of aliphatic imine (C=N–C) groups is 2. The van der Waals surface area contributed by atoms with E-state index in [0.29, 0.717) is 5.96 Å². The van der Waals surface area contributed by atoms with Crippen LogP contribution in [-0.2, 0) is 0 Å². The second-order valence-corrected chi connectivity index (χ2v) is 8.51. The lowest BCUT2D eigenvalue weighted by Crippen LogP contribution is -2.58. The third-order valence-electron chi connectivity index (χ3n) is 5.66. The largest absolute Gasteiger partial charge is 0.369 e. The number of hydrogen-bond donors (Lipinski definition) is 2. The van der Waals surface area contributed by atoms with Crippen molar-refractivity contribution in [1.29, 1.82) is 0 Å². The number of rotatable bonds is 3. The first-order valence-electron chi connectivity index (χ1n) is 10.1. The summed E-state index contributed by atoms with van der Waals surface area (Å²) >= 11 is 1.61. The molecule has 152 valence electrons. The number of guanidine groups is 2. The van der Waals surface area contributed by atoms with Gasteiger partial charge in [-0.1, -0.05) is 18.6 Å². The Morgan fingerprint density at radius 3 is 2.63 bits per heavy atom. The van der Waals surface area contributed by atoms with Crippen LogP contribution in [0.15, 0.2) is 64.2 Å².